The Bertz CT molecular complexity index is 442. The van der Waals surface area contributed by atoms with Crippen LogP contribution in [0.25, 0.3) is 0 Å². The molecule has 0 spiro atoms. The average Bonchev–Trinajstić information content (AvgIpc) is 2.24. The first-order valence-corrected chi connectivity index (χ1v) is 5.59. The summed E-state index contributed by atoms with van der Waals surface area (Å²) in [5, 5.41) is 0. The molecule has 0 aliphatic rings. The predicted molar refractivity (Wildman–Crippen MR) is 62.7 cm³/mol. The first-order chi connectivity index (χ1) is 7.93. The molecule has 8 heteroatoms. The highest BCUT2D eigenvalue weighted by molar-refractivity contribution is 9.10. The molecular weight excluding hydrogens is 324 g/mol. The lowest BCUT2D eigenvalue weighted by molar-refractivity contribution is -0.0495. The maximum atomic E-state index is 13.2. The van der Waals surface area contributed by atoms with Gasteiger partial charge in [0.05, 0.1) is 10.4 Å². The molecule has 0 amide bonds. The van der Waals surface area contributed by atoms with E-state index in [1.165, 1.54) is 6.07 Å². The van der Waals surface area contributed by atoms with Crippen LogP contribution in [0, 0.1) is 5.82 Å². The van der Waals surface area contributed by atoms with Crippen molar-refractivity contribution in [1.29, 1.82) is 0 Å². The van der Waals surface area contributed by atoms with Crippen LogP contribution in [-0.2, 0) is 0 Å². The normalized spacial score (nSPS) is 12.0. The number of alkyl halides is 3. The fourth-order valence-corrected chi connectivity index (χ4v) is 1.37. The van der Waals surface area contributed by atoms with E-state index < -0.39 is 18.2 Å². The van der Waals surface area contributed by atoms with Crippen molar-refractivity contribution in [2.75, 3.05) is 5.88 Å². The van der Waals surface area contributed by atoms with Crippen LogP contribution in [0.5, 0.6) is 5.75 Å². The van der Waals surface area contributed by atoms with Gasteiger partial charge in [-0.15, -0.1) is 11.6 Å². The molecule has 0 atom stereocenters. The van der Waals surface area contributed by atoms with E-state index >= 15 is 0 Å². The molecular formula is C9H7BrClF3N2O. The summed E-state index contributed by atoms with van der Waals surface area (Å²) in [7, 11) is 0. The van der Waals surface area contributed by atoms with E-state index in [9.17, 15) is 13.2 Å². The molecule has 1 aromatic carbocycles. The zero-order valence-electron chi connectivity index (χ0n) is 8.26. The molecule has 94 valence electrons. The van der Waals surface area contributed by atoms with Gasteiger partial charge in [-0.25, -0.2) is 9.38 Å². The van der Waals surface area contributed by atoms with Crippen LogP contribution in [0.15, 0.2) is 21.6 Å². The summed E-state index contributed by atoms with van der Waals surface area (Å²) >= 11 is 8.30. The van der Waals surface area contributed by atoms with Gasteiger partial charge < -0.3 is 10.5 Å². The maximum Gasteiger partial charge on any atom is 0.387 e. The molecule has 0 aliphatic carbocycles. The molecule has 0 heterocycles. The summed E-state index contributed by atoms with van der Waals surface area (Å²) in [6, 6.07) is 1.96. The van der Waals surface area contributed by atoms with Crippen molar-refractivity contribution >= 4 is 39.1 Å². The predicted octanol–water partition coefficient (Wildman–Crippen LogP) is 3.42. The summed E-state index contributed by atoms with van der Waals surface area (Å²) in [5.74, 6) is -1.23. The minimum atomic E-state index is -3.08. The van der Waals surface area contributed by atoms with E-state index in [-0.39, 0.29) is 21.9 Å². The second-order valence-corrected chi connectivity index (χ2v) is 3.97. The van der Waals surface area contributed by atoms with Crippen molar-refractivity contribution in [3.8, 4) is 5.75 Å². The highest BCUT2D eigenvalue weighted by Gasteiger charge is 2.13. The molecule has 2 N–H and O–H groups in total. The van der Waals surface area contributed by atoms with Crippen molar-refractivity contribution in [3.05, 3.63) is 22.4 Å². The fraction of sp³-hybridized carbons (Fsp3) is 0.222. The topological polar surface area (TPSA) is 47.6 Å². The van der Waals surface area contributed by atoms with Crippen LogP contribution in [0.3, 0.4) is 0 Å². The first-order valence-electron chi connectivity index (χ1n) is 4.27. The van der Waals surface area contributed by atoms with Gasteiger partial charge in [0, 0.05) is 6.07 Å². The van der Waals surface area contributed by atoms with Crippen molar-refractivity contribution < 1.29 is 17.9 Å². The van der Waals surface area contributed by atoms with E-state index in [4.69, 9.17) is 17.3 Å². The quantitative estimate of drug-likeness (QED) is 0.522. The van der Waals surface area contributed by atoms with Crippen LogP contribution in [0.4, 0.5) is 18.9 Å². The molecule has 0 unspecified atom stereocenters. The number of benzene rings is 1. The van der Waals surface area contributed by atoms with Gasteiger partial charge in [0.25, 0.3) is 0 Å². The lowest BCUT2D eigenvalue weighted by atomic mass is 10.3. The fourth-order valence-electron chi connectivity index (χ4n) is 0.980. The third-order valence-corrected chi connectivity index (χ3v) is 2.50. The summed E-state index contributed by atoms with van der Waals surface area (Å²) in [6.45, 7) is -3.08. The van der Waals surface area contributed by atoms with Gasteiger partial charge in [-0.2, -0.15) is 8.78 Å². The van der Waals surface area contributed by atoms with Crippen molar-refractivity contribution in [1.82, 2.24) is 0 Å². The Kier molecular flexibility index (Phi) is 5.07. The Labute approximate surface area is 109 Å². The molecule has 1 aromatic rings. The molecule has 0 bridgehead atoms. The molecule has 0 aliphatic heterocycles. The number of nitrogens with two attached hydrogens (primary N) is 1. The molecule has 1 rings (SSSR count). The highest BCUT2D eigenvalue weighted by Crippen LogP contribution is 2.34. The lowest BCUT2D eigenvalue weighted by Gasteiger charge is -2.09. The number of aliphatic imine (C=N–C) groups is 1. The minimum absolute atomic E-state index is 0.00397. The van der Waals surface area contributed by atoms with Crippen LogP contribution < -0.4 is 10.5 Å². The number of amidine groups is 1. The highest BCUT2D eigenvalue weighted by atomic mass is 79.9. The van der Waals surface area contributed by atoms with Gasteiger partial charge in [0.2, 0.25) is 0 Å². The summed E-state index contributed by atoms with van der Waals surface area (Å²) in [5.41, 5.74) is 5.33. The molecule has 3 nitrogen and oxygen atoms in total. The van der Waals surface area contributed by atoms with Crippen molar-refractivity contribution in [2.45, 2.75) is 6.61 Å². The number of ether oxygens (including phenoxy) is 1. The van der Waals surface area contributed by atoms with E-state index in [1.807, 2.05) is 0 Å². The van der Waals surface area contributed by atoms with Crippen molar-refractivity contribution in [2.24, 2.45) is 10.7 Å². The van der Waals surface area contributed by atoms with E-state index in [1.54, 1.807) is 0 Å². The van der Waals surface area contributed by atoms with E-state index in [2.05, 4.69) is 25.7 Å². The average molecular weight is 332 g/mol. The Morgan fingerprint density at radius 1 is 1.53 bits per heavy atom. The summed E-state index contributed by atoms with van der Waals surface area (Å²) < 4.78 is 41.5. The molecule has 17 heavy (non-hydrogen) atoms. The number of rotatable bonds is 4. The van der Waals surface area contributed by atoms with Crippen LogP contribution in [0.1, 0.15) is 0 Å². The molecule has 0 fully saturated rings. The Morgan fingerprint density at radius 2 is 2.18 bits per heavy atom. The van der Waals surface area contributed by atoms with Gasteiger partial charge in [-0.3, -0.25) is 0 Å². The van der Waals surface area contributed by atoms with Gasteiger partial charge in [0.15, 0.2) is 5.75 Å². The van der Waals surface area contributed by atoms with Crippen molar-refractivity contribution in [3.63, 3.8) is 0 Å². The largest absolute Gasteiger partial charge is 0.432 e. The van der Waals surface area contributed by atoms with Crippen LogP contribution in [-0.4, -0.2) is 18.3 Å². The number of hydrogen-bond donors (Lipinski definition) is 1. The summed E-state index contributed by atoms with van der Waals surface area (Å²) in [6.07, 6.45) is 0. The first kappa shape index (κ1) is 14.1. The second kappa shape index (κ2) is 6.11. The standard InChI is InChI=1S/C9H7BrClF3N2O/c10-4-1-6(16-8(15)3-11)7(2-5(4)12)17-9(13)14/h1-2,9H,3H2,(H2,15,16). The zero-order chi connectivity index (χ0) is 13.0. The number of halogens is 5. The van der Waals surface area contributed by atoms with Gasteiger partial charge in [-0.05, 0) is 22.0 Å². The molecule has 0 radical (unpaired) electrons. The lowest BCUT2D eigenvalue weighted by Crippen LogP contribution is -2.12. The van der Waals surface area contributed by atoms with Crippen LogP contribution >= 0.6 is 27.5 Å². The third-order valence-electron chi connectivity index (χ3n) is 1.62. The molecule has 0 saturated carbocycles. The van der Waals surface area contributed by atoms with E-state index in [0.29, 0.717) is 0 Å². The Hall–Kier alpha value is -0.950. The Balaban J connectivity index is 3.20. The second-order valence-electron chi connectivity index (χ2n) is 2.85. The van der Waals surface area contributed by atoms with Gasteiger partial charge in [0.1, 0.15) is 17.3 Å². The Morgan fingerprint density at radius 3 is 2.71 bits per heavy atom. The zero-order valence-corrected chi connectivity index (χ0v) is 10.6. The van der Waals surface area contributed by atoms with Crippen LogP contribution in [0.2, 0.25) is 0 Å². The SMILES string of the molecule is NC(CCl)=Nc1cc(Br)c(F)cc1OC(F)F. The van der Waals surface area contributed by atoms with Gasteiger partial charge in [-0.1, -0.05) is 0 Å². The number of nitrogens with zero attached hydrogens (tertiary/aromatic N) is 1. The van der Waals surface area contributed by atoms with Gasteiger partial charge >= 0.3 is 6.61 Å². The van der Waals surface area contributed by atoms with E-state index in [0.717, 1.165) is 6.07 Å². The molecule has 0 aromatic heterocycles. The minimum Gasteiger partial charge on any atom is -0.432 e. The molecule has 0 saturated heterocycles. The summed E-state index contributed by atoms with van der Waals surface area (Å²) in [4.78, 5) is 3.74. The third kappa shape index (κ3) is 4.08. The smallest absolute Gasteiger partial charge is 0.387 e. The maximum absolute atomic E-state index is 13.2. The number of hydrogen-bond acceptors (Lipinski definition) is 2. The monoisotopic (exact) mass is 330 g/mol.